The Bertz CT molecular complexity index is 391. The van der Waals surface area contributed by atoms with E-state index in [-0.39, 0.29) is 6.04 Å². The summed E-state index contributed by atoms with van der Waals surface area (Å²) in [5, 5.41) is 3.19. The van der Waals surface area contributed by atoms with E-state index in [0.717, 1.165) is 11.5 Å². The van der Waals surface area contributed by atoms with Crippen molar-refractivity contribution in [3.63, 3.8) is 0 Å². The van der Waals surface area contributed by atoms with Crippen LogP contribution in [-0.4, -0.2) is 16.6 Å². The minimum atomic E-state index is 0.0671. The standard InChI is InChI=1S/C10H13N3O/c1-11-10(9-4-3-5-14-9)8-6-12-7-13(8)2/h3-7,10-11H,1-2H3. The Morgan fingerprint density at radius 2 is 2.43 bits per heavy atom. The van der Waals surface area contributed by atoms with E-state index < -0.39 is 0 Å². The lowest BCUT2D eigenvalue weighted by Crippen LogP contribution is -2.19. The molecule has 1 unspecified atom stereocenters. The lowest BCUT2D eigenvalue weighted by molar-refractivity contribution is 0.453. The van der Waals surface area contributed by atoms with Gasteiger partial charge in [-0.25, -0.2) is 4.98 Å². The molecular weight excluding hydrogens is 178 g/mol. The Kier molecular flexibility index (Phi) is 2.37. The number of hydrogen-bond acceptors (Lipinski definition) is 3. The summed E-state index contributed by atoms with van der Waals surface area (Å²) in [5.74, 6) is 0.899. The molecular formula is C10H13N3O. The molecule has 0 aliphatic carbocycles. The Hall–Kier alpha value is -1.55. The summed E-state index contributed by atoms with van der Waals surface area (Å²) in [6.45, 7) is 0. The summed E-state index contributed by atoms with van der Waals surface area (Å²) in [5.41, 5.74) is 1.09. The number of nitrogens with zero attached hydrogens (tertiary/aromatic N) is 2. The van der Waals surface area contributed by atoms with Gasteiger partial charge < -0.3 is 14.3 Å². The third-order valence-corrected chi connectivity index (χ3v) is 2.27. The first-order valence-corrected chi connectivity index (χ1v) is 4.50. The van der Waals surface area contributed by atoms with Gasteiger partial charge in [0, 0.05) is 7.05 Å². The maximum absolute atomic E-state index is 5.36. The third-order valence-electron chi connectivity index (χ3n) is 2.27. The molecule has 0 aliphatic rings. The van der Waals surface area contributed by atoms with Gasteiger partial charge in [0.2, 0.25) is 0 Å². The van der Waals surface area contributed by atoms with E-state index >= 15 is 0 Å². The van der Waals surface area contributed by atoms with E-state index in [9.17, 15) is 0 Å². The fourth-order valence-corrected chi connectivity index (χ4v) is 1.54. The zero-order valence-electron chi connectivity index (χ0n) is 8.27. The van der Waals surface area contributed by atoms with Gasteiger partial charge in [-0.05, 0) is 19.2 Å². The lowest BCUT2D eigenvalue weighted by Gasteiger charge is -2.13. The first-order chi connectivity index (χ1) is 6.83. The average molecular weight is 191 g/mol. The molecule has 74 valence electrons. The number of imidazole rings is 1. The number of aromatic nitrogens is 2. The molecule has 0 amide bonds. The Morgan fingerprint density at radius 3 is 2.93 bits per heavy atom. The highest BCUT2D eigenvalue weighted by atomic mass is 16.3. The molecule has 0 bridgehead atoms. The van der Waals surface area contributed by atoms with E-state index in [1.807, 2.05) is 37.0 Å². The van der Waals surface area contributed by atoms with Crippen LogP contribution in [0.3, 0.4) is 0 Å². The lowest BCUT2D eigenvalue weighted by atomic mass is 10.1. The van der Waals surface area contributed by atoms with Crippen molar-refractivity contribution in [2.45, 2.75) is 6.04 Å². The second-order valence-corrected chi connectivity index (χ2v) is 3.17. The Balaban J connectivity index is 2.36. The highest BCUT2D eigenvalue weighted by Crippen LogP contribution is 2.20. The number of rotatable bonds is 3. The smallest absolute Gasteiger partial charge is 0.126 e. The van der Waals surface area contributed by atoms with Crippen LogP contribution in [0.2, 0.25) is 0 Å². The fraction of sp³-hybridized carbons (Fsp3) is 0.300. The van der Waals surface area contributed by atoms with Gasteiger partial charge in [0.15, 0.2) is 0 Å². The molecule has 0 saturated carbocycles. The molecule has 4 heteroatoms. The summed E-state index contributed by atoms with van der Waals surface area (Å²) in [6.07, 6.45) is 5.29. The highest BCUT2D eigenvalue weighted by molar-refractivity contribution is 5.18. The summed E-state index contributed by atoms with van der Waals surface area (Å²) >= 11 is 0. The molecule has 14 heavy (non-hydrogen) atoms. The van der Waals surface area contributed by atoms with Crippen LogP contribution in [0.25, 0.3) is 0 Å². The normalized spacial score (nSPS) is 13.0. The van der Waals surface area contributed by atoms with Gasteiger partial charge in [0.25, 0.3) is 0 Å². The first-order valence-electron chi connectivity index (χ1n) is 4.50. The van der Waals surface area contributed by atoms with Crippen LogP contribution in [0, 0.1) is 0 Å². The minimum absolute atomic E-state index is 0.0671. The van der Waals surface area contributed by atoms with E-state index in [4.69, 9.17) is 4.42 Å². The van der Waals surface area contributed by atoms with Gasteiger partial charge in [-0.1, -0.05) is 0 Å². The van der Waals surface area contributed by atoms with Crippen LogP contribution in [-0.2, 0) is 7.05 Å². The van der Waals surface area contributed by atoms with E-state index in [1.54, 1.807) is 12.6 Å². The molecule has 0 aliphatic heterocycles. The van der Waals surface area contributed by atoms with Gasteiger partial charge in [0.1, 0.15) is 11.8 Å². The molecule has 0 spiro atoms. The highest BCUT2D eigenvalue weighted by Gasteiger charge is 2.17. The van der Waals surface area contributed by atoms with Crippen LogP contribution in [0.1, 0.15) is 17.5 Å². The van der Waals surface area contributed by atoms with Crippen LogP contribution in [0.4, 0.5) is 0 Å². The predicted molar refractivity (Wildman–Crippen MR) is 52.8 cm³/mol. The SMILES string of the molecule is CNC(c1ccco1)c1cncn1C. The maximum atomic E-state index is 5.36. The fourth-order valence-electron chi connectivity index (χ4n) is 1.54. The minimum Gasteiger partial charge on any atom is -0.467 e. The molecule has 0 saturated heterocycles. The topological polar surface area (TPSA) is 43.0 Å². The van der Waals surface area contributed by atoms with Crippen molar-refractivity contribution in [2.24, 2.45) is 7.05 Å². The summed E-state index contributed by atoms with van der Waals surface area (Å²) in [4.78, 5) is 4.08. The van der Waals surface area contributed by atoms with Crippen molar-refractivity contribution in [1.29, 1.82) is 0 Å². The van der Waals surface area contributed by atoms with Gasteiger partial charge in [-0.2, -0.15) is 0 Å². The quantitative estimate of drug-likeness (QED) is 0.795. The van der Waals surface area contributed by atoms with Crippen molar-refractivity contribution >= 4 is 0 Å². The predicted octanol–water partition coefficient (Wildman–Crippen LogP) is 1.32. The summed E-state index contributed by atoms with van der Waals surface area (Å²) in [7, 11) is 3.87. The summed E-state index contributed by atoms with van der Waals surface area (Å²) in [6, 6.07) is 3.90. The molecule has 1 atom stereocenters. The van der Waals surface area contributed by atoms with Gasteiger partial charge in [-0.15, -0.1) is 0 Å². The molecule has 2 aromatic heterocycles. The average Bonchev–Trinajstić information content (AvgIpc) is 2.80. The van der Waals surface area contributed by atoms with Crippen molar-refractivity contribution in [2.75, 3.05) is 7.05 Å². The molecule has 2 heterocycles. The first kappa shape index (κ1) is 9.02. The van der Waals surface area contributed by atoms with Gasteiger partial charge >= 0.3 is 0 Å². The van der Waals surface area contributed by atoms with Crippen LogP contribution in [0.15, 0.2) is 35.3 Å². The molecule has 2 rings (SSSR count). The third kappa shape index (κ3) is 1.44. The van der Waals surface area contributed by atoms with E-state index in [0.29, 0.717) is 0 Å². The summed E-state index contributed by atoms with van der Waals surface area (Å²) < 4.78 is 7.34. The van der Waals surface area contributed by atoms with Crippen molar-refractivity contribution in [3.05, 3.63) is 42.4 Å². The maximum Gasteiger partial charge on any atom is 0.126 e. The number of nitrogens with one attached hydrogen (secondary N) is 1. The number of hydrogen-bond donors (Lipinski definition) is 1. The van der Waals surface area contributed by atoms with Crippen LogP contribution < -0.4 is 5.32 Å². The molecule has 4 nitrogen and oxygen atoms in total. The van der Waals surface area contributed by atoms with Crippen LogP contribution >= 0.6 is 0 Å². The van der Waals surface area contributed by atoms with Crippen molar-refractivity contribution in [3.8, 4) is 0 Å². The zero-order valence-corrected chi connectivity index (χ0v) is 8.27. The Labute approximate surface area is 82.6 Å². The van der Waals surface area contributed by atoms with E-state index in [2.05, 4.69) is 10.3 Å². The monoisotopic (exact) mass is 191 g/mol. The van der Waals surface area contributed by atoms with Crippen LogP contribution in [0.5, 0.6) is 0 Å². The zero-order chi connectivity index (χ0) is 9.97. The largest absolute Gasteiger partial charge is 0.467 e. The molecule has 2 aromatic rings. The molecule has 0 radical (unpaired) electrons. The van der Waals surface area contributed by atoms with Gasteiger partial charge in [0.05, 0.1) is 24.5 Å². The second-order valence-electron chi connectivity index (χ2n) is 3.17. The second kappa shape index (κ2) is 3.67. The van der Waals surface area contributed by atoms with Crippen molar-refractivity contribution < 1.29 is 4.42 Å². The Morgan fingerprint density at radius 1 is 1.57 bits per heavy atom. The number of furan rings is 1. The molecule has 0 aromatic carbocycles. The number of aryl methyl sites for hydroxylation is 1. The van der Waals surface area contributed by atoms with Crippen molar-refractivity contribution in [1.82, 2.24) is 14.9 Å². The van der Waals surface area contributed by atoms with E-state index in [1.165, 1.54) is 0 Å². The van der Waals surface area contributed by atoms with Gasteiger partial charge in [-0.3, -0.25) is 0 Å². The molecule has 0 fully saturated rings. The molecule has 1 N–H and O–H groups in total.